The lowest BCUT2D eigenvalue weighted by Crippen LogP contribution is -2.35. The molecule has 10 nitrogen and oxygen atoms in total. The third-order valence-corrected chi connectivity index (χ3v) is 7.97. The monoisotopic (exact) mass is 622 g/mol. The Hall–Kier alpha value is -4.09. The summed E-state index contributed by atoms with van der Waals surface area (Å²) < 4.78 is 24.2. The van der Waals surface area contributed by atoms with Crippen LogP contribution in [0.2, 0.25) is 0 Å². The number of benzene rings is 3. The van der Waals surface area contributed by atoms with Crippen LogP contribution >= 0.6 is 15.9 Å². The molecule has 0 saturated carbocycles. The number of rotatable bonds is 8. The first-order chi connectivity index (χ1) is 19.8. The molecule has 41 heavy (non-hydrogen) atoms. The number of aromatic nitrogens is 1. The predicted octanol–water partition coefficient (Wildman–Crippen LogP) is 6.64. The Balaban J connectivity index is 1.47. The van der Waals surface area contributed by atoms with E-state index in [9.17, 15) is 9.90 Å². The molecule has 214 valence electrons. The number of nitrogens with zero attached hydrogens (tertiary/aromatic N) is 4. The second-order valence-corrected chi connectivity index (χ2v) is 10.5. The highest BCUT2D eigenvalue weighted by Crippen LogP contribution is 2.43. The van der Waals surface area contributed by atoms with Gasteiger partial charge in [-0.1, -0.05) is 15.9 Å². The molecule has 1 aliphatic heterocycles. The summed E-state index contributed by atoms with van der Waals surface area (Å²) in [4.78, 5) is 15.2. The number of hydrogen-bond acceptors (Lipinski definition) is 8. The van der Waals surface area contributed by atoms with E-state index < -0.39 is 5.91 Å². The Bertz CT molecular complexity index is 1650. The number of carbonyl (C=O) groups excluding carboxylic acids is 1. The summed E-state index contributed by atoms with van der Waals surface area (Å²) >= 11 is 3.51. The Morgan fingerprint density at radius 3 is 2.34 bits per heavy atom. The molecule has 1 amide bonds. The smallest absolute Gasteiger partial charge is 0.295 e. The number of carbonyl (C=O) groups is 1. The van der Waals surface area contributed by atoms with E-state index in [-0.39, 0.29) is 23.2 Å². The van der Waals surface area contributed by atoms with Gasteiger partial charge in [0, 0.05) is 28.0 Å². The van der Waals surface area contributed by atoms with Gasteiger partial charge in [-0.15, -0.1) is 10.2 Å². The van der Waals surface area contributed by atoms with E-state index in [0.717, 1.165) is 28.5 Å². The number of methoxy groups -OCH3 is 4. The molecule has 0 radical (unpaired) electrons. The minimum Gasteiger partial charge on any atom is -0.493 e. The van der Waals surface area contributed by atoms with Crippen LogP contribution in [0.25, 0.3) is 10.9 Å². The Morgan fingerprint density at radius 2 is 1.63 bits per heavy atom. The zero-order valence-corrected chi connectivity index (χ0v) is 25.1. The van der Waals surface area contributed by atoms with E-state index in [1.54, 1.807) is 37.0 Å². The maximum absolute atomic E-state index is 12.9. The second-order valence-electron chi connectivity index (χ2n) is 9.62. The van der Waals surface area contributed by atoms with Crippen molar-refractivity contribution < 1.29 is 28.8 Å². The first kappa shape index (κ1) is 28.4. The summed E-state index contributed by atoms with van der Waals surface area (Å²) in [5, 5.41) is 20.2. The highest BCUT2D eigenvalue weighted by molar-refractivity contribution is 9.10. The number of aromatic hydroxyl groups is 1. The van der Waals surface area contributed by atoms with Crippen molar-refractivity contribution in [3.8, 4) is 28.9 Å². The van der Waals surface area contributed by atoms with Crippen LogP contribution in [0.3, 0.4) is 0 Å². The average Bonchev–Trinajstić information content (AvgIpc) is 3.25. The van der Waals surface area contributed by atoms with Gasteiger partial charge < -0.3 is 24.1 Å². The number of fused-ring (bicyclic) bond motifs is 2. The molecule has 3 aromatic carbocycles. The van der Waals surface area contributed by atoms with Gasteiger partial charge in [-0.3, -0.25) is 14.3 Å². The van der Waals surface area contributed by atoms with Crippen LogP contribution in [0.1, 0.15) is 34.5 Å². The zero-order valence-electron chi connectivity index (χ0n) is 23.5. The van der Waals surface area contributed by atoms with Crippen molar-refractivity contribution >= 4 is 38.4 Å². The molecule has 0 spiro atoms. The van der Waals surface area contributed by atoms with Crippen LogP contribution in [-0.2, 0) is 13.1 Å². The summed E-state index contributed by atoms with van der Waals surface area (Å²) in [6.07, 6.45) is 0.817. The third kappa shape index (κ3) is 5.34. The number of amides is 1. The topological polar surface area (TPSA) is 107 Å². The molecule has 0 aliphatic carbocycles. The van der Waals surface area contributed by atoms with Gasteiger partial charge in [-0.25, -0.2) is 0 Å². The molecule has 2 heterocycles. The first-order valence-electron chi connectivity index (χ1n) is 13.0. The van der Waals surface area contributed by atoms with Crippen LogP contribution in [0.15, 0.2) is 63.2 Å². The van der Waals surface area contributed by atoms with Crippen LogP contribution < -0.4 is 18.9 Å². The summed E-state index contributed by atoms with van der Waals surface area (Å²) in [6, 6.07) is 14.5. The molecule has 0 fully saturated rings. The van der Waals surface area contributed by atoms with Crippen molar-refractivity contribution in [3.05, 3.63) is 69.7 Å². The maximum Gasteiger partial charge on any atom is 0.295 e. The first-order valence-corrected chi connectivity index (χ1v) is 13.8. The van der Waals surface area contributed by atoms with Crippen molar-refractivity contribution in [2.45, 2.75) is 26.1 Å². The van der Waals surface area contributed by atoms with Crippen molar-refractivity contribution in [1.82, 2.24) is 9.47 Å². The molecule has 4 aromatic rings. The van der Waals surface area contributed by atoms with E-state index in [1.165, 1.54) is 19.8 Å². The molecule has 1 N–H and O–H groups in total. The van der Waals surface area contributed by atoms with E-state index in [0.29, 0.717) is 35.1 Å². The Kier molecular flexibility index (Phi) is 8.18. The lowest BCUT2D eigenvalue weighted by atomic mass is 9.93. The molecule has 1 aromatic heterocycles. The van der Waals surface area contributed by atoms with Gasteiger partial charge in [0.05, 0.1) is 40.6 Å². The normalized spacial score (nSPS) is 15.2. The fraction of sp³-hybridized carbons (Fsp3) is 0.300. The van der Waals surface area contributed by atoms with Crippen LogP contribution in [0, 0.1) is 0 Å². The van der Waals surface area contributed by atoms with Crippen LogP contribution in [0.5, 0.6) is 28.9 Å². The fourth-order valence-corrected chi connectivity index (χ4v) is 5.59. The molecule has 0 saturated heterocycles. The van der Waals surface area contributed by atoms with Gasteiger partial charge in [0.1, 0.15) is 0 Å². The summed E-state index contributed by atoms with van der Waals surface area (Å²) in [5.74, 6) is 1.65. The van der Waals surface area contributed by atoms with Crippen molar-refractivity contribution in [2.24, 2.45) is 10.2 Å². The van der Waals surface area contributed by atoms with E-state index in [2.05, 4.69) is 38.0 Å². The molecule has 11 heteroatoms. The van der Waals surface area contributed by atoms with Gasteiger partial charge >= 0.3 is 0 Å². The van der Waals surface area contributed by atoms with Gasteiger partial charge in [0.15, 0.2) is 28.7 Å². The SMILES string of the molecule is COc1ccc(C(=O)N=Nc2c(O)n(CN3CCc4cc(OC)c(OC)cc4C3C)c3ccc(Br)cc23)cc1OC. The number of ether oxygens (including phenoxy) is 4. The Morgan fingerprint density at radius 1 is 0.951 bits per heavy atom. The zero-order chi connectivity index (χ0) is 29.3. The molecule has 5 rings (SSSR count). The standard InChI is InChI=1S/C30H31BrN4O6/c1-17-21-15-27(41-5)26(40-4)12-18(21)10-11-34(17)16-35-23-8-7-20(31)14-22(23)28(30(35)37)32-33-29(36)19-6-9-24(38-2)25(13-19)39-3/h6-9,12-15,17,37H,10-11,16H2,1-5H3. The molecule has 0 bridgehead atoms. The van der Waals surface area contributed by atoms with Crippen molar-refractivity contribution in [2.75, 3.05) is 35.0 Å². The Labute approximate surface area is 246 Å². The highest BCUT2D eigenvalue weighted by atomic mass is 79.9. The van der Waals surface area contributed by atoms with Gasteiger partial charge in [-0.2, -0.15) is 0 Å². The van der Waals surface area contributed by atoms with Crippen molar-refractivity contribution in [3.63, 3.8) is 0 Å². The number of azo groups is 1. The molecule has 1 aliphatic rings. The lowest BCUT2D eigenvalue weighted by Gasteiger charge is -2.36. The summed E-state index contributed by atoms with van der Waals surface area (Å²) in [6.45, 7) is 3.30. The molecule has 1 atom stereocenters. The van der Waals surface area contributed by atoms with Crippen molar-refractivity contribution in [1.29, 1.82) is 0 Å². The quantitative estimate of drug-likeness (QED) is 0.219. The van der Waals surface area contributed by atoms with E-state index in [1.807, 2.05) is 30.3 Å². The van der Waals surface area contributed by atoms with Gasteiger partial charge in [0.25, 0.3) is 5.91 Å². The lowest BCUT2D eigenvalue weighted by molar-refractivity contribution is 0.0994. The minimum absolute atomic E-state index is 0.0440. The summed E-state index contributed by atoms with van der Waals surface area (Å²) in [5.41, 5.74) is 3.62. The fourth-order valence-electron chi connectivity index (χ4n) is 5.23. The average molecular weight is 624 g/mol. The highest BCUT2D eigenvalue weighted by Gasteiger charge is 2.28. The minimum atomic E-state index is -0.577. The molecule has 1 unspecified atom stereocenters. The van der Waals surface area contributed by atoms with Crippen LogP contribution in [0.4, 0.5) is 5.69 Å². The van der Waals surface area contributed by atoms with Gasteiger partial charge in [0.2, 0.25) is 5.88 Å². The largest absolute Gasteiger partial charge is 0.493 e. The number of halogens is 1. The molecular weight excluding hydrogens is 592 g/mol. The van der Waals surface area contributed by atoms with E-state index >= 15 is 0 Å². The summed E-state index contributed by atoms with van der Waals surface area (Å²) in [7, 11) is 6.28. The van der Waals surface area contributed by atoms with Crippen LogP contribution in [-0.4, -0.2) is 55.5 Å². The molecular formula is C30H31BrN4O6. The number of hydrogen-bond donors (Lipinski definition) is 1. The van der Waals surface area contributed by atoms with E-state index in [4.69, 9.17) is 18.9 Å². The van der Waals surface area contributed by atoms with Gasteiger partial charge in [-0.05, 0) is 73.0 Å². The third-order valence-electron chi connectivity index (χ3n) is 7.48. The maximum atomic E-state index is 12.9. The second kappa shape index (κ2) is 11.8. The predicted molar refractivity (Wildman–Crippen MR) is 158 cm³/mol.